The van der Waals surface area contributed by atoms with Crippen LogP contribution in [0, 0.1) is 5.92 Å². The molecular formula is C16H20N4OS. The van der Waals surface area contributed by atoms with E-state index in [1.807, 2.05) is 42.1 Å². The van der Waals surface area contributed by atoms with E-state index in [9.17, 15) is 4.79 Å². The van der Waals surface area contributed by atoms with Gasteiger partial charge < -0.3 is 5.32 Å². The molecule has 1 amide bonds. The van der Waals surface area contributed by atoms with Crippen molar-refractivity contribution in [3.05, 3.63) is 42.0 Å². The van der Waals surface area contributed by atoms with E-state index in [1.165, 1.54) is 0 Å². The minimum absolute atomic E-state index is 0.0347. The number of hydrogen-bond acceptors (Lipinski definition) is 4. The molecule has 1 atom stereocenters. The van der Waals surface area contributed by atoms with Crippen molar-refractivity contribution in [1.82, 2.24) is 20.1 Å². The summed E-state index contributed by atoms with van der Waals surface area (Å²) in [5.41, 5.74) is 0.725. The van der Waals surface area contributed by atoms with E-state index < -0.39 is 0 Å². The lowest BCUT2D eigenvalue weighted by Gasteiger charge is -2.19. The van der Waals surface area contributed by atoms with Crippen molar-refractivity contribution in [1.29, 1.82) is 0 Å². The SMILES string of the molecule is CCn1ncnc1C(NC(=O)c1ccccc1SC)C1CC1. The van der Waals surface area contributed by atoms with Crippen molar-refractivity contribution in [2.24, 2.45) is 5.92 Å². The van der Waals surface area contributed by atoms with E-state index in [1.54, 1.807) is 18.1 Å². The van der Waals surface area contributed by atoms with Crippen molar-refractivity contribution in [2.45, 2.75) is 37.2 Å². The first-order chi connectivity index (χ1) is 10.7. The molecule has 5 nitrogen and oxygen atoms in total. The minimum atomic E-state index is -0.0511. The Hall–Kier alpha value is -1.82. The summed E-state index contributed by atoms with van der Waals surface area (Å²) in [6.45, 7) is 2.79. The molecule has 3 rings (SSSR count). The fourth-order valence-corrected chi connectivity index (χ4v) is 3.23. The van der Waals surface area contributed by atoms with Crippen molar-refractivity contribution in [3.63, 3.8) is 0 Å². The van der Waals surface area contributed by atoms with Gasteiger partial charge in [0.25, 0.3) is 5.91 Å². The third kappa shape index (κ3) is 3.02. The monoisotopic (exact) mass is 316 g/mol. The molecule has 1 fully saturated rings. The van der Waals surface area contributed by atoms with Gasteiger partial charge in [0.1, 0.15) is 12.2 Å². The number of aromatic nitrogens is 3. The van der Waals surface area contributed by atoms with Gasteiger partial charge in [-0.25, -0.2) is 9.67 Å². The van der Waals surface area contributed by atoms with Crippen LogP contribution in [-0.4, -0.2) is 26.9 Å². The summed E-state index contributed by atoms with van der Waals surface area (Å²) in [6.07, 6.45) is 5.81. The zero-order valence-electron chi connectivity index (χ0n) is 12.8. The summed E-state index contributed by atoms with van der Waals surface area (Å²) in [5.74, 6) is 1.30. The number of rotatable bonds is 6. The molecule has 2 aromatic rings. The lowest BCUT2D eigenvalue weighted by molar-refractivity contribution is 0.0925. The second-order valence-corrected chi connectivity index (χ2v) is 6.27. The zero-order valence-corrected chi connectivity index (χ0v) is 13.6. The number of thioether (sulfide) groups is 1. The first-order valence-electron chi connectivity index (χ1n) is 7.56. The van der Waals surface area contributed by atoms with E-state index >= 15 is 0 Å². The number of hydrogen-bond donors (Lipinski definition) is 1. The van der Waals surface area contributed by atoms with Crippen molar-refractivity contribution < 1.29 is 4.79 Å². The Morgan fingerprint density at radius 1 is 1.45 bits per heavy atom. The van der Waals surface area contributed by atoms with E-state index in [4.69, 9.17) is 0 Å². The molecule has 1 aromatic heterocycles. The van der Waals surface area contributed by atoms with Crippen LogP contribution >= 0.6 is 11.8 Å². The summed E-state index contributed by atoms with van der Waals surface area (Å²) in [7, 11) is 0. The minimum Gasteiger partial charge on any atom is -0.342 e. The Kier molecular flexibility index (Phi) is 4.47. The Morgan fingerprint density at radius 2 is 2.23 bits per heavy atom. The highest BCUT2D eigenvalue weighted by molar-refractivity contribution is 7.98. The molecule has 1 N–H and O–H groups in total. The second-order valence-electron chi connectivity index (χ2n) is 5.42. The first-order valence-corrected chi connectivity index (χ1v) is 8.78. The van der Waals surface area contributed by atoms with Gasteiger partial charge in [-0.05, 0) is 44.1 Å². The number of carbonyl (C=O) groups is 1. The molecule has 0 spiro atoms. The third-order valence-corrected chi connectivity index (χ3v) is 4.75. The lowest BCUT2D eigenvalue weighted by atomic mass is 10.1. The van der Waals surface area contributed by atoms with Gasteiger partial charge >= 0.3 is 0 Å². The normalized spacial score (nSPS) is 15.5. The molecule has 116 valence electrons. The molecule has 0 saturated heterocycles. The van der Waals surface area contributed by atoms with Gasteiger partial charge in [0.15, 0.2) is 0 Å². The Morgan fingerprint density at radius 3 is 2.91 bits per heavy atom. The molecule has 1 saturated carbocycles. The summed E-state index contributed by atoms with van der Waals surface area (Å²) in [6, 6.07) is 7.64. The van der Waals surface area contributed by atoms with E-state index in [0.29, 0.717) is 5.92 Å². The van der Waals surface area contributed by atoms with Gasteiger partial charge in [-0.3, -0.25) is 4.79 Å². The zero-order chi connectivity index (χ0) is 15.5. The summed E-state index contributed by atoms with van der Waals surface area (Å²) < 4.78 is 1.86. The summed E-state index contributed by atoms with van der Waals surface area (Å²) >= 11 is 1.59. The average Bonchev–Trinajstić information content (AvgIpc) is 3.29. The number of benzene rings is 1. The predicted octanol–water partition coefficient (Wildman–Crippen LogP) is 2.90. The topological polar surface area (TPSA) is 59.8 Å². The fourth-order valence-electron chi connectivity index (χ4n) is 2.63. The van der Waals surface area contributed by atoms with Gasteiger partial charge in [0, 0.05) is 11.4 Å². The molecule has 1 aromatic carbocycles. The summed E-state index contributed by atoms with van der Waals surface area (Å²) in [5, 5.41) is 7.40. The Balaban J connectivity index is 1.84. The largest absolute Gasteiger partial charge is 0.342 e. The Bertz CT molecular complexity index is 666. The van der Waals surface area contributed by atoms with Gasteiger partial charge in [-0.15, -0.1) is 11.8 Å². The van der Waals surface area contributed by atoms with Crippen LogP contribution < -0.4 is 5.32 Å². The quantitative estimate of drug-likeness (QED) is 0.833. The van der Waals surface area contributed by atoms with E-state index in [-0.39, 0.29) is 11.9 Å². The standard InChI is InChI=1S/C16H20N4OS/c1-3-20-15(17-10-18-20)14(11-8-9-11)19-16(21)12-6-4-5-7-13(12)22-2/h4-7,10-11,14H,3,8-9H2,1-2H3,(H,19,21). The predicted molar refractivity (Wildman–Crippen MR) is 86.9 cm³/mol. The third-order valence-electron chi connectivity index (χ3n) is 3.95. The Labute approximate surface area is 134 Å². The fraction of sp³-hybridized carbons (Fsp3) is 0.438. The maximum atomic E-state index is 12.7. The summed E-state index contributed by atoms with van der Waals surface area (Å²) in [4.78, 5) is 18.0. The highest BCUT2D eigenvalue weighted by Crippen LogP contribution is 2.40. The van der Waals surface area contributed by atoms with Crippen LogP contribution in [0.1, 0.15) is 42.0 Å². The number of carbonyl (C=O) groups excluding carboxylic acids is 1. The van der Waals surface area contributed by atoms with Crippen LogP contribution in [0.5, 0.6) is 0 Å². The molecule has 0 radical (unpaired) electrons. The first kappa shape index (κ1) is 15.1. The number of amides is 1. The molecule has 1 heterocycles. The molecule has 22 heavy (non-hydrogen) atoms. The second kappa shape index (κ2) is 6.52. The highest BCUT2D eigenvalue weighted by atomic mass is 32.2. The van der Waals surface area contributed by atoms with Gasteiger partial charge in [0.05, 0.1) is 11.6 Å². The van der Waals surface area contributed by atoms with Crippen LogP contribution in [0.3, 0.4) is 0 Å². The highest BCUT2D eigenvalue weighted by Gasteiger charge is 2.36. The van der Waals surface area contributed by atoms with Crippen LogP contribution in [-0.2, 0) is 6.54 Å². The molecule has 0 aliphatic heterocycles. The number of aryl methyl sites for hydroxylation is 1. The molecular weight excluding hydrogens is 296 g/mol. The molecule has 1 unspecified atom stereocenters. The van der Waals surface area contributed by atoms with E-state index in [2.05, 4.69) is 15.4 Å². The van der Waals surface area contributed by atoms with Crippen molar-refractivity contribution in [2.75, 3.05) is 6.26 Å². The number of nitrogens with zero attached hydrogens (tertiary/aromatic N) is 3. The van der Waals surface area contributed by atoms with Crippen LogP contribution in [0.15, 0.2) is 35.5 Å². The van der Waals surface area contributed by atoms with Gasteiger partial charge in [0.2, 0.25) is 0 Å². The molecule has 0 bridgehead atoms. The van der Waals surface area contributed by atoms with Crippen LogP contribution in [0.2, 0.25) is 0 Å². The average molecular weight is 316 g/mol. The maximum absolute atomic E-state index is 12.7. The van der Waals surface area contributed by atoms with Gasteiger partial charge in [-0.2, -0.15) is 5.10 Å². The molecule has 1 aliphatic rings. The molecule has 1 aliphatic carbocycles. The van der Waals surface area contributed by atoms with Crippen molar-refractivity contribution in [3.8, 4) is 0 Å². The smallest absolute Gasteiger partial charge is 0.253 e. The van der Waals surface area contributed by atoms with Crippen LogP contribution in [0.4, 0.5) is 0 Å². The molecule has 6 heteroatoms. The van der Waals surface area contributed by atoms with Gasteiger partial charge in [-0.1, -0.05) is 12.1 Å². The lowest BCUT2D eigenvalue weighted by Crippen LogP contribution is -2.32. The number of nitrogens with one attached hydrogen (secondary N) is 1. The maximum Gasteiger partial charge on any atom is 0.253 e. The van der Waals surface area contributed by atoms with Crippen LogP contribution in [0.25, 0.3) is 0 Å². The van der Waals surface area contributed by atoms with Crippen molar-refractivity contribution >= 4 is 17.7 Å². The van der Waals surface area contributed by atoms with E-state index in [0.717, 1.165) is 35.7 Å².